The molecular formula is C16H28ClN3O2. The van der Waals surface area contributed by atoms with Gasteiger partial charge in [-0.15, -0.1) is 12.4 Å². The number of amides is 2. The summed E-state index contributed by atoms with van der Waals surface area (Å²) in [5.41, 5.74) is -0.260. The van der Waals surface area contributed by atoms with E-state index >= 15 is 0 Å². The van der Waals surface area contributed by atoms with Crippen LogP contribution in [0.1, 0.15) is 46.0 Å². The van der Waals surface area contributed by atoms with Crippen LogP contribution in [0.4, 0.5) is 0 Å². The van der Waals surface area contributed by atoms with Crippen molar-refractivity contribution in [3.63, 3.8) is 0 Å². The molecule has 6 heteroatoms. The molecule has 3 rings (SSSR count). The molecule has 5 nitrogen and oxygen atoms in total. The third-order valence-corrected chi connectivity index (χ3v) is 5.66. The number of hydrogen-bond acceptors (Lipinski definition) is 3. The summed E-state index contributed by atoms with van der Waals surface area (Å²) in [4.78, 5) is 27.1. The van der Waals surface area contributed by atoms with Crippen molar-refractivity contribution in [3.05, 3.63) is 0 Å². The Hall–Kier alpha value is -0.810. The summed E-state index contributed by atoms with van der Waals surface area (Å²) >= 11 is 0. The second-order valence-corrected chi connectivity index (χ2v) is 7.17. The Kier molecular flexibility index (Phi) is 5.38. The molecule has 0 aromatic rings. The maximum Gasteiger partial charge on any atom is 0.245 e. The third kappa shape index (κ3) is 2.85. The first-order valence-electron chi connectivity index (χ1n) is 8.37. The van der Waals surface area contributed by atoms with E-state index < -0.39 is 0 Å². The third-order valence-electron chi connectivity index (χ3n) is 5.66. The number of hydrogen-bond donors (Lipinski definition) is 2. The van der Waals surface area contributed by atoms with E-state index in [0.29, 0.717) is 5.92 Å². The van der Waals surface area contributed by atoms with Gasteiger partial charge < -0.3 is 15.5 Å². The minimum atomic E-state index is -0.308. The Bertz CT molecular complexity index is 443. The number of fused-ring (bicyclic) bond motifs is 1. The second-order valence-electron chi connectivity index (χ2n) is 7.17. The van der Waals surface area contributed by atoms with Crippen LogP contribution < -0.4 is 10.6 Å². The van der Waals surface area contributed by atoms with Crippen LogP contribution in [0.25, 0.3) is 0 Å². The van der Waals surface area contributed by atoms with E-state index in [0.717, 1.165) is 45.3 Å². The first-order valence-corrected chi connectivity index (χ1v) is 8.37. The summed E-state index contributed by atoms with van der Waals surface area (Å²) in [7, 11) is 0. The number of carbonyl (C=O) groups excluding carboxylic acids is 2. The molecule has 1 unspecified atom stereocenters. The van der Waals surface area contributed by atoms with E-state index in [1.54, 1.807) is 0 Å². The molecule has 3 aliphatic rings. The van der Waals surface area contributed by atoms with Crippen LogP contribution in [0.3, 0.4) is 0 Å². The van der Waals surface area contributed by atoms with Gasteiger partial charge in [-0.25, -0.2) is 0 Å². The van der Waals surface area contributed by atoms with Crippen molar-refractivity contribution in [2.75, 3.05) is 19.6 Å². The van der Waals surface area contributed by atoms with Gasteiger partial charge in [-0.2, -0.15) is 0 Å². The molecule has 22 heavy (non-hydrogen) atoms. The van der Waals surface area contributed by atoms with Gasteiger partial charge in [0.2, 0.25) is 11.8 Å². The Morgan fingerprint density at radius 1 is 1.36 bits per heavy atom. The minimum absolute atomic E-state index is 0. The summed E-state index contributed by atoms with van der Waals surface area (Å²) < 4.78 is 0. The molecule has 2 aliphatic heterocycles. The Morgan fingerprint density at radius 3 is 2.82 bits per heavy atom. The quantitative estimate of drug-likeness (QED) is 0.821. The van der Waals surface area contributed by atoms with Gasteiger partial charge in [-0.1, -0.05) is 12.8 Å². The van der Waals surface area contributed by atoms with Crippen molar-refractivity contribution in [2.24, 2.45) is 11.3 Å². The van der Waals surface area contributed by atoms with Crippen molar-refractivity contribution in [3.8, 4) is 0 Å². The number of rotatable bonds is 3. The zero-order valence-corrected chi connectivity index (χ0v) is 14.4. The lowest BCUT2D eigenvalue weighted by molar-refractivity contribution is -0.139. The van der Waals surface area contributed by atoms with Crippen molar-refractivity contribution >= 4 is 24.2 Å². The Balaban J connectivity index is 0.00000176. The number of halogens is 1. The zero-order valence-electron chi connectivity index (χ0n) is 13.6. The predicted molar refractivity (Wildman–Crippen MR) is 87.9 cm³/mol. The van der Waals surface area contributed by atoms with E-state index in [1.165, 1.54) is 6.42 Å². The summed E-state index contributed by atoms with van der Waals surface area (Å²) in [6.07, 6.45) is 5.20. The lowest BCUT2D eigenvalue weighted by Gasteiger charge is -2.37. The molecule has 3 atom stereocenters. The maximum atomic E-state index is 12.9. The number of likely N-dealkylation sites (tertiary alicyclic amines) is 1. The van der Waals surface area contributed by atoms with Crippen molar-refractivity contribution in [2.45, 2.75) is 58.0 Å². The lowest BCUT2D eigenvalue weighted by atomic mass is 9.67. The molecule has 0 aromatic carbocycles. The van der Waals surface area contributed by atoms with Gasteiger partial charge in [0.1, 0.15) is 6.04 Å². The fraction of sp³-hybridized carbons (Fsp3) is 0.875. The van der Waals surface area contributed by atoms with Crippen LogP contribution in [-0.2, 0) is 9.59 Å². The van der Waals surface area contributed by atoms with Crippen LogP contribution >= 0.6 is 12.4 Å². The molecule has 0 bridgehead atoms. The fourth-order valence-electron chi connectivity index (χ4n) is 4.34. The highest BCUT2D eigenvalue weighted by atomic mass is 35.5. The summed E-state index contributed by atoms with van der Waals surface area (Å²) in [5, 5.41) is 6.47. The predicted octanol–water partition coefficient (Wildman–Crippen LogP) is 1.31. The first kappa shape index (κ1) is 17.5. The largest absolute Gasteiger partial charge is 0.344 e. The van der Waals surface area contributed by atoms with Gasteiger partial charge in [0.05, 0.1) is 5.41 Å². The highest BCUT2D eigenvalue weighted by molar-refractivity contribution is 5.92. The molecule has 0 spiro atoms. The number of nitrogens with zero attached hydrogens (tertiary/aromatic N) is 1. The van der Waals surface area contributed by atoms with E-state index in [9.17, 15) is 9.59 Å². The lowest BCUT2D eigenvalue weighted by Crippen LogP contribution is -2.52. The monoisotopic (exact) mass is 329 g/mol. The second kappa shape index (κ2) is 6.75. The summed E-state index contributed by atoms with van der Waals surface area (Å²) in [5.74, 6) is 0.651. The number of carbonyl (C=O) groups is 2. The van der Waals surface area contributed by atoms with Gasteiger partial charge >= 0.3 is 0 Å². The topological polar surface area (TPSA) is 61.4 Å². The van der Waals surface area contributed by atoms with Crippen molar-refractivity contribution in [1.82, 2.24) is 15.5 Å². The van der Waals surface area contributed by atoms with Crippen LogP contribution in [0, 0.1) is 11.3 Å². The van der Waals surface area contributed by atoms with Crippen molar-refractivity contribution in [1.29, 1.82) is 0 Å². The maximum absolute atomic E-state index is 12.9. The Labute approximate surface area is 139 Å². The van der Waals surface area contributed by atoms with Gasteiger partial charge in [0.25, 0.3) is 0 Å². The standard InChI is InChI=1S/C16H27N3O2.ClH/c1-11(2)19-8-6-13(14(19)20)18-15(21)16-7-4-3-5-12(16)9-17-10-16;/h11-13,17H,3-10H2,1-2H3,(H,18,21);1H/t12-,13?,16+;/m0./s1. The van der Waals surface area contributed by atoms with Crippen LogP contribution in [-0.4, -0.2) is 48.4 Å². The molecule has 1 aliphatic carbocycles. The van der Waals surface area contributed by atoms with Crippen LogP contribution in [0.15, 0.2) is 0 Å². The summed E-state index contributed by atoms with van der Waals surface area (Å²) in [6.45, 7) is 6.54. The molecule has 126 valence electrons. The van der Waals surface area contributed by atoms with Crippen LogP contribution in [0.5, 0.6) is 0 Å². The van der Waals surface area contributed by atoms with Gasteiger partial charge in [-0.05, 0) is 45.6 Å². The first-order chi connectivity index (χ1) is 10.0. The molecule has 2 amide bonds. The van der Waals surface area contributed by atoms with E-state index in [-0.39, 0.29) is 41.7 Å². The highest BCUT2D eigenvalue weighted by Crippen LogP contribution is 2.44. The fourth-order valence-corrected chi connectivity index (χ4v) is 4.34. The zero-order chi connectivity index (χ0) is 15.0. The van der Waals surface area contributed by atoms with E-state index in [4.69, 9.17) is 0 Å². The molecule has 0 aromatic heterocycles. The smallest absolute Gasteiger partial charge is 0.245 e. The average molecular weight is 330 g/mol. The van der Waals surface area contributed by atoms with E-state index in [1.807, 2.05) is 18.7 Å². The molecule has 1 saturated carbocycles. The highest BCUT2D eigenvalue weighted by Gasteiger charge is 2.51. The normalized spacial score (nSPS) is 34.5. The molecule has 3 fully saturated rings. The SMILES string of the molecule is CC(C)N1CCC(NC(=O)[C@@]23CCCC[C@H]2CNC3)C1=O.Cl. The molecule has 2 saturated heterocycles. The van der Waals surface area contributed by atoms with Gasteiger partial charge in [0.15, 0.2) is 0 Å². The van der Waals surface area contributed by atoms with E-state index in [2.05, 4.69) is 10.6 Å². The van der Waals surface area contributed by atoms with Crippen LogP contribution in [0.2, 0.25) is 0 Å². The molecule has 2 heterocycles. The summed E-state index contributed by atoms with van der Waals surface area (Å²) in [6, 6.07) is -0.0920. The average Bonchev–Trinajstić information content (AvgIpc) is 3.04. The van der Waals surface area contributed by atoms with Crippen molar-refractivity contribution < 1.29 is 9.59 Å². The molecule has 0 radical (unpaired) electrons. The molecular weight excluding hydrogens is 302 g/mol. The van der Waals surface area contributed by atoms with Gasteiger partial charge in [0, 0.05) is 19.1 Å². The number of nitrogens with one attached hydrogen (secondary N) is 2. The van der Waals surface area contributed by atoms with Gasteiger partial charge in [-0.3, -0.25) is 9.59 Å². The molecule has 2 N–H and O–H groups in total. The minimum Gasteiger partial charge on any atom is -0.344 e. The Morgan fingerprint density at radius 2 is 2.14 bits per heavy atom.